The van der Waals surface area contributed by atoms with Gasteiger partial charge in [0.05, 0.1) is 7.11 Å². The fourth-order valence-electron chi connectivity index (χ4n) is 3.87. The van der Waals surface area contributed by atoms with E-state index in [9.17, 15) is 4.39 Å². The van der Waals surface area contributed by atoms with Crippen molar-refractivity contribution in [2.45, 2.75) is 19.8 Å². The number of fused-ring (bicyclic) bond motifs is 1. The van der Waals surface area contributed by atoms with Crippen molar-refractivity contribution in [1.29, 1.82) is 0 Å². The van der Waals surface area contributed by atoms with Crippen LogP contribution in [0.3, 0.4) is 0 Å². The highest BCUT2D eigenvalue weighted by Gasteiger charge is 2.20. The second-order valence-electron chi connectivity index (χ2n) is 7.30. The van der Waals surface area contributed by atoms with Gasteiger partial charge in [-0.2, -0.15) is 4.98 Å². The van der Waals surface area contributed by atoms with Gasteiger partial charge in [0.25, 0.3) is 0 Å². The lowest BCUT2D eigenvalue weighted by atomic mass is 10.1. The minimum absolute atomic E-state index is 0. The van der Waals surface area contributed by atoms with Crippen molar-refractivity contribution >= 4 is 41.5 Å². The number of methoxy groups -OCH3 is 1. The molecule has 1 aliphatic heterocycles. The molecule has 1 N–H and O–H groups in total. The fraction of sp³-hybridized carbons (Fsp3) is 0.429. The maximum atomic E-state index is 13.5. The number of ether oxygens (including phenoxy) is 1. The number of nitrogens with one attached hydrogen (secondary N) is 1. The number of anilines is 1. The van der Waals surface area contributed by atoms with E-state index in [0.717, 1.165) is 67.8 Å². The predicted octanol–water partition coefficient (Wildman–Crippen LogP) is 4.01. The SMILES string of the molecule is COc1ncc(C)c(N2CCN(CCCc3c[nH]c4ccc(F)cc34)CC2)n1.Cl.Cl. The number of nitrogens with zero attached hydrogens (tertiary/aromatic N) is 4. The van der Waals surface area contributed by atoms with Crippen molar-refractivity contribution in [3.8, 4) is 6.01 Å². The summed E-state index contributed by atoms with van der Waals surface area (Å²) in [4.78, 5) is 16.7. The molecular weight excluding hydrogens is 428 g/mol. The molecule has 0 aliphatic carbocycles. The first-order valence-electron chi connectivity index (χ1n) is 9.74. The molecule has 0 bridgehead atoms. The molecule has 0 amide bonds. The number of hydrogen-bond donors (Lipinski definition) is 1. The van der Waals surface area contributed by atoms with E-state index in [4.69, 9.17) is 4.74 Å². The molecule has 1 saturated heterocycles. The Kier molecular flexibility index (Phi) is 8.70. The van der Waals surface area contributed by atoms with Crippen LogP contribution in [-0.2, 0) is 6.42 Å². The van der Waals surface area contributed by atoms with Gasteiger partial charge in [0.15, 0.2) is 0 Å². The van der Waals surface area contributed by atoms with E-state index in [1.54, 1.807) is 19.2 Å². The second-order valence-corrected chi connectivity index (χ2v) is 7.30. The third-order valence-corrected chi connectivity index (χ3v) is 5.43. The Labute approximate surface area is 188 Å². The average Bonchev–Trinajstić information content (AvgIpc) is 3.11. The lowest BCUT2D eigenvalue weighted by Crippen LogP contribution is -2.47. The van der Waals surface area contributed by atoms with E-state index in [2.05, 4.69) is 24.8 Å². The van der Waals surface area contributed by atoms with Gasteiger partial charge in [0.1, 0.15) is 11.6 Å². The Bertz CT molecular complexity index is 960. The van der Waals surface area contributed by atoms with Crippen LogP contribution in [0.15, 0.2) is 30.6 Å². The van der Waals surface area contributed by atoms with Crippen LogP contribution < -0.4 is 9.64 Å². The van der Waals surface area contributed by atoms with Crippen LogP contribution in [-0.4, -0.2) is 59.7 Å². The van der Waals surface area contributed by atoms with Gasteiger partial charge in [-0.15, -0.1) is 24.8 Å². The maximum Gasteiger partial charge on any atom is 0.318 e. The van der Waals surface area contributed by atoms with E-state index >= 15 is 0 Å². The Hall–Kier alpha value is -2.09. The van der Waals surface area contributed by atoms with Crippen LogP contribution in [0, 0.1) is 12.7 Å². The number of hydrogen-bond acceptors (Lipinski definition) is 5. The number of aromatic amines is 1. The van der Waals surface area contributed by atoms with Crippen LogP contribution in [0.5, 0.6) is 6.01 Å². The van der Waals surface area contributed by atoms with Crippen LogP contribution in [0.1, 0.15) is 17.5 Å². The summed E-state index contributed by atoms with van der Waals surface area (Å²) < 4.78 is 18.7. The molecule has 3 aromatic rings. The zero-order valence-electron chi connectivity index (χ0n) is 17.2. The van der Waals surface area contributed by atoms with E-state index in [1.165, 1.54) is 11.6 Å². The zero-order chi connectivity index (χ0) is 19.5. The highest BCUT2D eigenvalue weighted by atomic mass is 35.5. The lowest BCUT2D eigenvalue weighted by Gasteiger charge is -2.36. The highest BCUT2D eigenvalue weighted by molar-refractivity contribution is 5.85. The third-order valence-electron chi connectivity index (χ3n) is 5.43. The van der Waals surface area contributed by atoms with Gasteiger partial charge in [-0.1, -0.05) is 0 Å². The average molecular weight is 456 g/mol. The molecule has 1 aromatic carbocycles. The van der Waals surface area contributed by atoms with Crippen molar-refractivity contribution in [1.82, 2.24) is 19.9 Å². The van der Waals surface area contributed by atoms with Crippen molar-refractivity contribution in [3.05, 3.63) is 47.5 Å². The van der Waals surface area contributed by atoms with Crippen LogP contribution in [0.2, 0.25) is 0 Å². The summed E-state index contributed by atoms with van der Waals surface area (Å²) in [7, 11) is 1.59. The summed E-state index contributed by atoms with van der Waals surface area (Å²) in [6.07, 6.45) is 5.83. The molecule has 0 unspecified atom stereocenters. The maximum absolute atomic E-state index is 13.5. The molecule has 0 spiro atoms. The van der Waals surface area contributed by atoms with Gasteiger partial charge in [0.2, 0.25) is 0 Å². The second kappa shape index (κ2) is 10.8. The molecule has 0 saturated carbocycles. The first-order chi connectivity index (χ1) is 13.6. The molecular formula is C21H28Cl2FN5O. The first-order valence-corrected chi connectivity index (χ1v) is 9.74. The summed E-state index contributed by atoms with van der Waals surface area (Å²) >= 11 is 0. The van der Waals surface area contributed by atoms with Crippen molar-refractivity contribution in [2.24, 2.45) is 0 Å². The Morgan fingerprint density at radius 2 is 1.93 bits per heavy atom. The molecule has 164 valence electrons. The van der Waals surface area contributed by atoms with Crippen molar-refractivity contribution in [3.63, 3.8) is 0 Å². The topological polar surface area (TPSA) is 57.3 Å². The normalized spacial score (nSPS) is 14.3. The van der Waals surface area contributed by atoms with Crippen LogP contribution in [0.25, 0.3) is 10.9 Å². The van der Waals surface area contributed by atoms with E-state index < -0.39 is 0 Å². The van der Waals surface area contributed by atoms with Crippen molar-refractivity contribution in [2.75, 3.05) is 44.7 Å². The molecule has 30 heavy (non-hydrogen) atoms. The zero-order valence-corrected chi connectivity index (χ0v) is 18.9. The number of rotatable bonds is 6. The van der Waals surface area contributed by atoms with Gasteiger partial charge in [-0.25, -0.2) is 9.37 Å². The summed E-state index contributed by atoms with van der Waals surface area (Å²) in [5.74, 6) is 0.786. The van der Waals surface area contributed by atoms with Gasteiger partial charge in [-0.3, -0.25) is 4.90 Å². The summed E-state index contributed by atoms with van der Waals surface area (Å²) in [6.45, 7) is 6.98. The number of benzene rings is 1. The van der Waals surface area contributed by atoms with Gasteiger partial charge in [-0.05, 0) is 50.1 Å². The molecule has 3 heterocycles. The molecule has 0 atom stereocenters. The van der Waals surface area contributed by atoms with Gasteiger partial charge >= 0.3 is 6.01 Å². The molecule has 1 fully saturated rings. The predicted molar refractivity (Wildman–Crippen MR) is 123 cm³/mol. The molecule has 9 heteroatoms. The standard InChI is InChI=1S/C21H26FN5O.2ClH/c1-15-13-24-21(28-2)25-20(15)27-10-8-26(9-11-27)7-3-4-16-14-23-19-6-5-17(22)12-18(16)19;;/h5-6,12-14,23H,3-4,7-11H2,1-2H3;2*1H. The van der Waals surface area contributed by atoms with Gasteiger partial charge < -0.3 is 14.6 Å². The Morgan fingerprint density at radius 1 is 1.17 bits per heavy atom. The quantitative estimate of drug-likeness (QED) is 0.608. The number of halogens is 3. The largest absolute Gasteiger partial charge is 0.467 e. The number of aromatic nitrogens is 3. The van der Waals surface area contributed by atoms with Gasteiger partial charge in [0, 0.05) is 55.0 Å². The number of aryl methyl sites for hydroxylation is 2. The van der Waals surface area contributed by atoms with Crippen molar-refractivity contribution < 1.29 is 9.13 Å². The van der Waals surface area contributed by atoms with E-state index in [1.807, 2.05) is 19.3 Å². The fourth-order valence-corrected chi connectivity index (χ4v) is 3.87. The molecule has 4 rings (SSSR count). The van der Waals surface area contributed by atoms with E-state index in [-0.39, 0.29) is 30.6 Å². The highest BCUT2D eigenvalue weighted by Crippen LogP contribution is 2.22. The molecule has 6 nitrogen and oxygen atoms in total. The molecule has 2 aromatic heterocycles. The van der Waals surface area contributed by atoms with Crippen LogP contribution >= 0.6 is 24.8 Å². The number of piperazine rings is 1. The minimum atomic E-state index is -0.180. The lowest BCUT2D eigenvalue weighted by molar-refractivity contribution is 0.254. The van der Waals surface area contributed by atoms with E-state index in [0.29, 0.717) is 6.01 Å². The smallest absolute Gasteiger partial charge is 0.318 e. The summed E-state index contributed by atoms with van der Waals surface area (Å²) in [5.41, 5.74) is 3.26. The Balaban J connectivity index is 0.00000160. The Morgan fingerprint density at radius 3 is 2.67 bits per heavy atom. The summed E-state index contributed by atoms with van der Waals surface area (Å²) in [5, 5.41) is 0.998. The number of H-pyrrole nitrogens is 1. The first kappa shape index (κ1) is 24.2. The molecule has 0 radical (unpaired) electrons. The third kappa shape index (κ3) is 5.33. The van der Waals surface area contributed by atoms with Crippen LogP contribution in [0.4, 0.5) is 10.2 Å². The monoisotopic (exact) mass is 455 g/mol. The summed E-state index contributed by atoms with van der Waals surface area (Å²) in [6, 6.07) is 5.34. The molecule has 1 aliphatic rings. The minimum Gasteiger partial charge on any atom is -0.467 e.